The Balaban J connectivity index is 1.68. The molecule has 1 aliphatic rings. The number of hydrogen-bond acceptors (Lipinski definition) is 7. The quantitative estimate of drug-likeness (QED) is 0.502. The number of aryl methyl sites for hydroxylation is 2. The minimum absolute atomic E-state index is 0.0826. The van der Waals surface area contributed by atoms with Crippen LogP contribution in [0.1, 0.15) is 21.8 Å². The molecule has 0 radical (unpaired) electrons. The summed E-state index contributed by atoms with van der Waals surface area (Å²) in [5, 5.41) is 0.611. The van der Waals surface area contributed by atoms with E-state index in [0.29, 0.717) is 42.0 Å². The van der Waals surface area contributed by atoms with Gasteiger partial charge in [0.2, 0.25) is 0 Å². The first kappa shape index (κ1) is 23.7. The molecule has 11 heteroatoms. The molecule has 2 aromatic heterocycles. The molecule has 1 aliphatic heterocycles. The highest BCUT2D eigenvalue weighted by molar-refractivity contribution is 7.86. The van der Waals surface area contributed by atoms with Crippen LogP contribution < -0.4 is 15.0 Å². The zero-order valence-electron chi connectivity index (χ0n) is 19.4. The van der Waals surface area contributed by atoms with Gasteiger partial charge in [-0.1, -0.05) is 0 Å². The predicted molar refractivity (Wildman–Crippen MR) is 129 cm³/mol. The zero-order chi connectivity index (χ0) is 23.9. The van der Waals surface area contributed by atoms with E-state index < -0.39 is 10.2 Å². The van der Waals surface area contributed by atoms with Gasteiger partial charge in [-0.3, -0.25) is 9.36 Å². The van der Waals surface area contributed by atoms with Crippen LogP contribution in [0.25, 0.3) is 10.2 Å². The number of hydrogen-bond donors (Lipinski definition) is 0. The Bertz CT molecular complexity index is 1360. The molecule has 33 heavy (non-hydrogen) atoms. The standard InChI is InChI=1S/C22H28N4O5S2/c1-14-23-21-20(17-9-10-25(13-19(17)32-21)33(28,29)24(2)3)22(27)26(14)11-8-15-12-16(30-4)6-7-18(15)31-5/h6-7,12H,8-11,13H2,1-5H3. The summed E-state index contributed by atoms with van der Waals surface area (Å²) in [6, 6.07) is 5.61. The minimum Gasteiger partial charge on any atom is -0.497 e. The molecular formula is C22H28N4O5S2. The van der Waals surface area contributed by atoms with Crippen LogP contribution in [0, 0.1) is 6.92 Å². The first-order valence-corrected chi connectivity index (χ1v) is 12.8. The van der Waals surface area contributed by atoms with Crippen LogP contribution in [-0.2, 0) is 36.1 Å². The van der Waals surface area contributed by atoms with E-state index in [1.165, 1.54) is 34.0 Å². The maximum absolute atomic E-state index is 13.5. The molecule has 0 N–H and O–H groups in total. The van der Waals surface area contributed by atoms with E-state index in [9.17, 15) is 13.2 Å². The van der Waals surface area contributed by atoms with Crippen molar-refractivity contribution in [1.29, 1.82) is 0 Å². The van der Waals surface area contributed by atoms with E-state index in [1.807, 2.05) is 25.1 Å². The molecule has 3 aromatic rings. The molecule has 1 aromatic carbocycles. The summed E-state index contributed by atoms with van der Waals surface area (Å²) in [6.45, 7) is 2.87. The zero-order valence-corrected chi connectivity index (χ0v) is 21.0. The van der Waals surface area contributed by atoms with E-state index in [4.69, 9.17) is 14.5 Å². The third-order valence-electron chi connectivity index (χ3n) is 6.00. The number of rotatable bonds is 7. The average molecular weight is 493 g/mol. The number of nitrogens with zero attached hydrogens (tertiary/aromatic N) is 4. The lowest BCUT2D eigenvalue weighted by molar-refractivity contribution is 0.362. The van der Waals surface area contributed by atoms with Crippen molar-refractivity contribution in [3.05, 3.63) is 50.4 Å². The lowest BCUT2D eigenvalue weighted by Gasteiger charge is -2.28. The van der Waals surface area contributed by atoms with Crippen molar-refractivity contribution in [3.8, 4) is 11.5 Å². The molecule has 0 unspecified atom stereocenters. The third kappa shape index (κ3) is 4.25. The van der Waals surface area contributed by atoms with E-state index in [0.717, 1.165) is 27.5 Å². The van der Waals surface area contributed by atoms with Crippen LogP contribution in [0.3, 0.4) is 0 Å². The molecule has 0 saturated heterocycles. The molecule has 4 rings (SSSR count). The highest BCUT2D eigenvalue weighted by atomic mass is 32.2. The highest BCUT2D eigenvalue weighted by Gasteiger charge is 2.31. The van der Waals surface area contributed by atoms with Gasteiger partial charge in [-0.05, 0) is 49.1 Å². The lowest BCUT2D eigenvalue weighted by atomic mass is 10.1. The summed E-state index contributed by atoms with van der Waals surface area (Å²) in [6.07, 6.45) is 1.07. The maximum atomic E-state index is 13.5. The summed E-state index contributed by atoms with van der Waals surface area (Å²) in [5.41, 5.74) is 1.78. The van der Waals surface area contributed by atoms with Crippen LogP contribution in [0.5, 0.6) is 11.5 Å². The number of methoxy groups -OCH3 is 2. The molecule has 0 spiro atoms. The second-order valence-electron chi connectivity index (χ2n) is 8.10. The Hall–Kier alpha value is -2.47. The largest absolute Gasteiger partial charge is 0.497 e. The number of ether oxygens (including phenoxy) is 2. The molecular weight excluding hydrogens is 464 g/mol. The van der Waals surface area contributed by atoms with E-state index in [2.05, 4.69) is 0 Å². The van der Waals surface area contributed by atoms with Crippen LogP contribution in [0.2, 0.25) is 0 Å². The smallest absolute Gasteiger partial charge is 0.281 e. The van der Waals surface area contributed by atoms with Crippen molar-refractivity contribution >= 4 is 31.8 Å². The Morgan fingerprint density at radius 2 is 1.97 bits per heavy atom. The normalized spacial score (nSPS) is 14.6. The third-order valence-corrected chi connectivity index (χ3v) is 8.99. The summed E-state index contributed by atoms with van der Waals surface area (Å²) in [5.74, 6) is 2.10. The Labute approximate surface area is 197 Å². The van der Waals surface area contributed by atoms with Crippen molar-refractivity contribution in [2.24, 2.45) is 0 Å². The maximum Gasteiger partial charge on any atom is 0.281 e. The summed E-state index contributed by atoms with van der Waals surface area (Å²) < 4.78 is 40.3. The number of benzene rings is 1. The Morgan fingerprint density at radius 3 is 2.64 bits per heavy atom. The van der Waals surface area contributed by atoms with Crippen molar-refractivity contribution < 1.29 is 17.9 Å². The second-order valence-corrected chi connectivity index (χ2v) is 11.3. The first-order valence-electron chi connectivity index (χ1n) is 10.6. The molecule has 9 nitrogen and oxygen atoms in total. The van der Waals surface area contributed by atoms with Gasteiger partial charge >= 0.3 is 0 Å². The van der Waals surface area contributed by atoms with E-state index >= 15 is 0 Å². The van der Waals surface area contributed by atoms with Gasteiger partial charge in [0.05, 0.1) is 19.6 Å². The fourth-order valence-corrected chi connectivity index (χ4v) is 6.58. The molecule has 0 fully saturated rings. The van der Waals surface area contributed by atoms with Crippen LogP contribution >= 0.6 is 11.3 Å². The molecule has 0 bridgehead atoms. The Kier molecular flexibility index (Phi) is 6.50. The molecule has 0 atom stereocenters. The van der Waals surface area contributed by atoms with Crippen molar-refractivity contribution in [3.63, 3.8) is 0 Å². The second kappa shape index (κ2) is 9.05. The topological polar surface area (TPSA) is 94.0 Å². The van der Waals surface area contributed by atoms with E-state index in [-0.39, 0.29) is 12.1 Å². The van der Waals surface area contributed by atoms with Gasteiger partial charge in [-0.25, -0.2) is 4.98 Å². The number of fused-ring (bicyclic) bond motifs is 3. The van der Waals surface area contributed by atoms with E-state index in [1.54, 1.807) is 18.8 Å². The molecule has 0 saturated carbocycles. The summed E-state index contributed by atoms with van der Waals surface area (Å²) in [7, 11) is 2.77. The van der Waals surface area contributed by atoms with Gasteiger partial charge in [-0.15, -0.1) is 11.3 Å². The molecule has 178 valence electrons. The minimum atomic E-state index is -3.51. The summed E-state index contributed by atoms with van der Waals surface area (Å²) >= 11 is 1.41. The van der Waals surface area contributed by atoms with Gasteiger partial charge in [0.1, 0.15) is 22.2 Å². The van der Waals surface area contributed by atoms with Crippen molar-refractivity contribution in [2.45, 2.75) is 32.9 Å². The predicted octanol–water partition coefficient (Wildman–Crippen LogP) is 2.19. The van der Waals surface area contributed by atoms with Crippen molar-refractivity contribution in [2.75, 3.05) is 34.9 Å². The lowest BCUT2D eigenvalue weighted by Crippen LogP contribution is -2.42. The van der Waals surface area contributed by atoms with Gasteiger partial charge in [0.25, 0.3) is 15.8 Å². The number of aromatic nitrogens is 2. The fourth-order valence-electron chi connectivity index (χ4n) is 4.15. The fraction of sp³-hybridized carbons (Fsp3) is 0.455. The van der Waals surface area contributed by atoms with Crippen LogP contribution in [0.4, 0.5) is 0 Å². The number of thiophene rings is 1. The summed E-state index contributed by atoms with van der Waals surface area (Å²) in [4.78, 5) is 19.8. The average Bonchev–Trinajstić information content (AvgIpc) is 3.15. The van der Waals surface area contributed by atoms with Gasteiger partial charge in [-0.2, -0.15) is 17.0 Å². The highest BCUT2D eigenvalue weighted by Crippen LogP contribution is 2.34. The SMILES string of the molecule is COc1ccc(OC)c(CCn2c(C)nc3sc4c(c3c2=O)CCN(S(=O)(=O)N(C)C)C4)c1. The van der Waals surface area contributed by atoms with Gasteiger partial charge in [0.15, 0.2) is 0 Å². The van der Waals surface area contributed by atoms with Crippen molar-refractivity contribution in [1.82, 2.24) is 18.2 Å². The molecule has 0 amide bonds. The first-order chi connectivity index (χ1) is 15.7. The molecule has 0 aliphatic carbocycles. The Morgan fingerprint density at radius 1 is 1.21 bits per heavy atom. The van der Waals surface area contributed by atoms with Crippen LogP contribution in [-0.4, -0.2) is 61.4 Å². The van der Waals surface area contributed by atoms with Gasteiger partial charge < -0.3 is 9.47 Å². The monoisotopic (exact) mass is 492 g/mol. The molecule has 3 heterocycles. The van der Waals surface area contributed by atoms with Crippen LogP contribution in [0.15, 0.2) is 23.0 Å². The van der Waals surface area contributed by atoms with Gasteiger partial charge in [0, 0.05) is 38.6 Å².